The number of pyridine rings is 1. The van der Waals surface area contributed by atoms with Gasteiger partial charge in [-0.05, 0) is 36.4 Å². The van der Waals surface area contributed by atoms with Crippen molar-refractivity contribution in [3.8, 4) is 5.69 Å². The molecule has 0 atom stereocenters. The van der Waals surface area contributed by atoms with Crippen LogP contribution in [0.1, 0.15) is 10.5 Å². The molecule has 0 aliphatic carbocycles. The zero-order valence-corrected chi connectivity index (χ0v) is 13.6. The van der Waals surface area contributed by atoms with Crippen LogP contribution in [-0.2, 0) is 0 Å². The van der Waals surface area contributed by atoms with Crippen LogP contribution in [0.5, 0.6) is 0 Å². The van der Waals surface area contributed by atoms with Gasteiger partial charge in [0, 0.05) is 33.0 Å². The summed E-state index contributed by atoms with van der Waals surface area (Å²) < 4.78 is 1.41. The Hall–Kier alpha value is -3.22. The molecular formula is C17H17N5O2. The zero-order valence-electron chi connectivity index (χ0n) is 13.6. The summed E-state index contributed by atoms with van der Waals surface area (Å²) in [6.07, 6.45) is 1.59. The Labute approximate surface area is 138 Å². The molecule has 1 aromatic carbocycles. The Bertz CT molecular complexity index is 961. The van der Waals surface area contributed by atoms with E-state index in [4.69, 9.17) is 0 Å². The van der Waals surface area contributed by atoms with Crippen molar-refractivity contribution in [2.24, 2.45) is 0 Å². The highest BCUT2D eigenvalue weighted by molar-refractivity contribution is 5.93. The highest BCUT2D eigenvalue weighted by Crippen LogP contribution is 2.17. The second-order valence-electron chi connectivity index (χ2n) is 5.44. The number of carbonyl (C=O) groups excluding carboxylic acids is 1. The number of hydrogen-bond donors (Lipinski definition) is 1. The Kier molecular flexibility index (Phi) is 3.99. The number of benzene rings is 1. The van der Waals surface area contributed by atoms with E-state index in [1.807, 2.05) is 43.3 Å². The number of amides is 1. The van der Waals surface area contributed by atoms with Gasteiger partial charge in [0.25, 0.3) is 11.5 Å². The normalized spacial score (nSPS) is 10.6. The van der Waals surface area contributed by atoms with Crippen molar-refractivity contribution >= 4 is 22.8 Å². The number of anilines is 1. The van der Waals surface area contributed by atoms with Crippen LogP contribution in [0.15, 0.2) is 47.4 Å². The van der Waals surface area contributed by atoms with E-state index >= 15 is 0 Å². The summed E-state index contributed by atoms with van der Waals surface area (Å²) in [5, 5.41) is 2.45. The predicted octanol–water partition coefficient (Wildman–Crippen LogP) is 1.21. The fraction of sp³-hybridized carbons (Fsp3) is 0.176. The lowest BCUT2D eigenvalue weighted by Crippen LogP contribution is -2.32. The van der Waals surface area contributed by atoms with Crippen molar-refractivity contribution in [3.63, 3.8) is 0 Å². The molecule has 122 valence electrons. The second kappa shape index (κ2) is 6.11. The number of fused-ring (bicyclic) bond motifs is 1. The molecule has 0 saturated carbocycles. The molecule has 2 aromatic heterocycles. The van der Waals surface area contributed by atoms with E-state index in [9.17, 15) is 9.59 Å². The Morgan fingerprint density at radius 2 is 1.88 bits per heavy atom. The molecule has 2 heterocycles. The van der Waals surface area contributed by atoms with E-state index in [2.05, 4.69) is 15.3 Å². The van der Waals surface area contributed by atoms with Gasteiger partial charge in [-0.25, -0.2) is 9.97 Å². The average Bonchev–Trinajstić information content (AvgIpc) is 2.60. The molecular weight excluding hydrogens is 306 g/mol. The van der Waals surface area contributed by atoms with Crippen LogP contribution in [0.3, 0.4) is 0 Å². The maximum atomic E-state index is 12.8. The lowest BCUT2D eigenvalue weighted by molar-refractivity contribution is 0.0956. The topological polar surface area (TPSA) is 80.1 Å². The summed E-state index contributed by atoms with van der Waals surface area (Å²) in [5.41, 5.74) is 1.86. The van der Waals surface area contributed by atoms with E-state index in [0.717, 1.165) is 5.69 Å². The molecule has 0 spiro atoms. The van der Waals surface area contributed by atoms with Crippen LogP contribution in [0.25, 0.3) is 16.9 Å². The highest BCUT2D eigenvalue weighted by atomic mass is 16.2. The third-order valence-electron chi connectivity index (χ3n) is 3.68. The van der Waals surface area contributed by atoms with Crippen LogP contribution in [-0.4, -0.2) is 41.6 Å². The first-order valence-electron chi connectivity index (χ1n) is 7.40. The minimum absolute atomic E-state index is 0.158. The van der Waals surface area contributed by atoms with Gasteiger partial charge >= 0.3 is 0 Å². The number of hydrogen-bond acceptors (Lipinski definition) is 5. The second-order valence-corrected chi connectivity index (χ2v) is 5.44. The Balaban J connectivity index is 2.31. The molecule has 0 aliphatic rings. The van der Waals surface area contributed by atoms with E-state index in [1.54, 1.807) is 18.3 Å². The summed E-state index contributed by atoms with van der Waals surface area (Å²) in [5.74, 6) is -0.524. The summed E-state index contributed by atoms with van der Waals surface area (Å²) >= 11 is 0. The van der Waals surface area contributed by atoms with Crippen molar-refractivity contribution < 1.29 is 4.79 Å². The molecule has 0 bridgehead atoms. The summed E-state index contributed by atoms with van der Waals surface area (Å²) in [7, 11) is 5.34. The van der Waals surface area contributed by atoms with E-state index in [0.29, 0.717) is 16.9 Å². The molecule has 3 rings (SSSR count). The average molecular weight is 323 g/mol. The first-order chi connectivity index (χ1) is 11.5. The van der Waals surface area contributed by atoms with Crippen molar-refractivity contribution in [1.82, 2.24) is 19.9 Å². The molecule has 0 aliphatic heterocycles. The maximum absolute atomic E-state index is 12.8. The predicted molar refractivity (Wildman–Crippen MR) is 92.9 cm³/mol. The number of nitrogens with one attached hydrogen (secondary N) is 1. The Morgan fingerprint density at radius 1 is 1.17 bits per heavy atom. The molecule has 7 nitrogen and oxygen atoms in total. The van der Waals surface area contributed by atoms with E-state index in [1.165, 1.54) is 11.6 Å². The van der Waals surface area contributed by atoms with E-state index in [-0.39, 0.29) is 5.69 Å². The SMILES string of the molecule is CNC(=O)c1nc2cccnc2n(-c2ccc(N(C)C)cc2)c1=O. The van der Waals surface area contributed by atoms with Gasteiger partial charge < -0.3 is 10.2 Å². The van der Waals surface area contributed by atoms with Crippen molar-refractivity contribution in [2.75, 3.05) is 26.0 Å². The maximum Gasteiger partial charge on any atom is 0.288 e. The van der Waals surface area contributed by atoms with Crippen LogP contribution in [0, 0.1) is 0 Å². The molecule has 24 heavy (non-hydrogen) atoms. The fourth-order valence-corrected chi connectivity index (χ4v) is 2.42. The number of nitrogens with zero attached hydrogens (tertiary/aromatic N) is 4. The Morgan fingerprint density at radius 3 is 2.50 bits per heavy atom. The summed E-state index contributed by atoms with van der Waals surface area (Å²) in [4.78, 5) is 35.2. The van der Waals surface area contributed by atoms with Gasteiger partial charge in [-0.15, -0.1) is 0 Å². The lowest BCUT2D eigenvalue weighted by atomic mass is 10.2. The van der Waals surface area contributed by atoms with Gasteiger partial charge in [0.05, 0.1) is 5.69 Å². The van der Waals surface area contributed by atoms with Crippen molar-refractivity contribution in [3.05, 3.63) is 58.6 Å². The van der Waals surface area contributed by atoms with Crippen LogP contribution < -0.4 is 15.8 Å². The zero-order chi connectivity index (χ0) is 17.3. The third kappa shape index (κ3) is 2.60. The minimum atomic E-state index is -0.524. The van der Waals surface area contributed by atoms with Gasteiger partial charge in [0.2, 0.25) is 0 Å². The van der Waals surface area contributed by atoms with Gasteiger partial charge in [0.1, 0.15) is 5.52 Å². The third-order valence-corrected chi connectivity index (χ3v) is 3.68. The van der Waals surface area contributed by atoms with Gasteiger partial charge in [-0.2, -0.15) is 0 Å². The minimum Gasteiger partial charge on any atom is -0.378 e. The standard InChI is InChI=1S/C17H17N5O2/c1-18-16(23)14-17(24)22(15-13(20-14)5-4-10-19-15)12-8-6-11(7-9-12)21(2)3/h4-10H,1-3H3,(H,18,23). The lowest BCUT2D eigenvalue weighted by Gasteiger charge is -2.14. The smallest absolute Gasteiger partial charge is 0.288 e. The number of aromatic nitrogens is 3. The highest BCUT2D eigenvalue weighted by Gasteiger charge is 2.18. The van der Waals surface area contributed by atoms with Crippen molar-refractivity contribution in [1.29, 1.82) is 0 Å². The number of rotatable bonds is 3. The molecule has 7 heteroatoms. The van der Waals surface area contributed by atoms with Gasteiger partial charge in [0.15, 0.2) is 11.3 Å². The fourth-order valence-electron chi connectivity index (χ4n) is 2.42. The molecule has 3 aromatic rings. The molecule has 1 amide bonds. The van der Waals surface area contributed by atoms with Crippen LogP contribution >= 0.6 is 0 Å². The van der Waals surface area contributed by atoms with Gasteiger partial charge in [-0.1, -0.05) is 0 Å². The largest absolute Gasteiger partial charge is 0.378 e. The molecule has 0 fully saturated rings. The molecule has 0 unspecified atom stereocenters. The number of carbonyl (C=O) groups is 1. The van der Waals surface area contributed by atoms with Crippen LogP contribution in [0.4, 0.5) is 5.69 Å². The monoisotopic (exact) mass is 323 g/mol. The van der Waals surface area contributed by atoms with Crippen LogP contribution in [0.2, 0.25) is 0 Å². The molecule has 0 saturated heterocycles. The van der Waals surface area contributed by atoms with E-state index < -0.39 is 11.5 Å². The molecule has 1 N–H and O–H groups in total. The summed E-state index contributed by atoms with van der Waals surface area (Å²) in [6.45, 7) is 0. The first kappa shape index (κ1) is 15.7. The first-order valence-corrected chi connectivity index (χ1v) is 7.40. The quantitative estimate of drug-likeness (QED) is 0.783. The van der Waals surface area contributed by atoms with Gasteiger partial charge in [-0.3, -0.25) is 14.2 Å². The summed E-state index contributed by atoms with van der Waals surface area (Å²) in [6, 6.07) is 10.9. The molecule has 0 radical (unpaired) electrons. The van der Waals surface area contributed by atoms with Crippen molar-refractivity contribution in [2.45, 2.75) is 0 Å².